The number of carbonyl (C=O) groups excluding carboxylic acids is 2. The van der Waals surface area contributed by atoms with Crippen LogP contribution in [0, 0.1) is 0 Å². The second-order valence-electron chi connectivity index (χ2n) is 5.88. The number of likely N-dealkylation sites (N-methyl/N-ethyl adjacent to an activating group) is 1. The first-order valence-electron chi connectivity index (χ1n) is 6.54. The highest BCUT2D eigenvalue weighted by Gasteiger charge is 2.33. The monoisotopic (exact) mass is 290 g/mol. The molecule has 0 aliphatic carbocycles. The molecule has 1 heterocycles. The predicted molar refractivity (Wildman–Crippen MR) is 74.3 cm³/mol. The number of alkyl halides is 1. The van der Waals surface area contributed by atoms with Gasteiger partial charge in [-0.1, -0.05) is 0 Å². The highest BCUT2D eigenvalue weighted by atomic mass is 35.5. The molecular weight excluding hydrogens is 268 g/mol. The van der Waals surface area contributed by atoms with Gasteiger partial charge in [0.05, 0.1) is 6.04 Å². The standard InChI is InChI=1S/C13H23ClN2O3/c1-13(2,3)19-12(18)16-7-5-6-10(16)9-15(4)11(17)8-14/h10H,5-9H2,1-4H3/t10-/m0/s1. The minimum absolute atomic E-state index is 0.0204. The molecule has 1 aliphatic heterocycles. The Morgan fingerprint density at radius 2 is 2.05 bits per heavy atom. The third-order valence-corrected chi connectivity index (χ3v) is 3.26. The number of ether oxygens (including phenoxy) is 1. The van der Waals surface area contributed by atoms with E-state index < -0.39 is 5.60 Å². The molecule has 5 nitrogen and oxygen atoms in total. The van der Waals surface area contributed by atoms with E-state index in [-0.39, 0.29) is 23.9 Å². The summed E-state index contributed by atoms with van der Waals surface area (Å²) in [6.07, 6.45) is 1.52. The Labute approximate surface area is 119 Å². The molecule has 0 bridgehead atoms. The van der Waals surface area contributed by atoms with Crippen LogP contribution in [0.1, 0.15) is 33.6 Å². The number of halogens is 1. The first-order valence-corrected chi connectivity index (χ1v) is 7.07. The van der Waals surface area contributed by atoms with E-state index in [0.717, 1.165) is 12.8 Å². The molecule has 2 amide bonds. The Balaban J connectivity index is 2.59. The molecular formula is C13H23ClN2O3. The second-order valence-corrected chi connectivity index (χ2v) is 6.14. The van der Waals surface area contributed by atoms with E-state index in [9.17, 15) is 9.59 Å². The highest BCUT2D eigenvalue weighted by Crippen LogP contribution is 2.21. The Bertz CT molecular complexity index is 341. The maximum absolute atomic E-state index is 12.1. The van der Waals surface area contributed by atoms with Gasteiger partial charge in [0, 0.05) is 20.1 Å². The lowest BCUT2D eigenvalue weighted by Gasteiger charge is -2.30. The van der Waals surface area contributed by atoms with Gasteiger partial charge in [-0.2, -0.15) is 0 Å². The zero-order chi connectivity index (χ0) is 14.6. The van der Waals surface area contributed by atoms with Crippen molar-refractivity contribution in [2.75, 3.05) is 26.0 Å². The van der Waals surface area contributed by atoms with Gasteiger partial charge in [0.15, 0.2) is 0 Å². The molecule has 1 fully saturated rings. The van der Waals surface area contributed by atoms with Crippen LogP contribution in [0.3, 0.4) is 0 Å². The Morgan fingerprint density at radius 3 is 2.58 bits per heavy atom. The van der Waals surface area contributed by atoms with Crippen LogP contribution in [-0.4, -0.2) is 59.5 Å². The normalized spacial score (nSPS) is 19.4. The summed E-state index contributed by atoms with van der Waals surface area (Å²) in [4.78, 5) is 26.8. The average molecular weight is 291 g/mol. The second kappa shape index (κ2) is 6.46. The molecule has 1 atom stereocenters. The molecule has 0 spiro atoms. The smallest absolute Gasteiger partial charge is 0.410 e. The largest absolute Gasteiger partial charge is 0.444 e. The van der Waals surface area contributed by atoms with E-state index >= 15 is 0 Å². The summed E-state index contributed by atoms with van der Waals surface area (Å²) in [5.74, 6) is -0.159. The molecule has 0 saturated carbocycles. The van der Waals surface area contributed by atoms with Crippen molar-refractivity contribution in [2.45, 2.75) is 45.3 Å². The molecule has 19 heavy (non-hydrogen) atoms. The number of amides is 2. The van der Waals surface area contributed by atoms with E-state index in [2.05, 4.69) is 0 Å². The minimum atomic E-state index is -0.498. The Hall–Kier alpha value is -0.970. The Kier molecular flexibility index (Phi) is 5.47. The van der Waals surface area contributed by atoms with Crippen molar-refractivity contribution < 1.29 is 14.3 Å². The van der Waals surface area contributed by atoms with Crippen molar-refractivity contribution in [3.8, 4) is 0 Å². The third kappa shape index (κ3) is 4.90. The fourth-order valence-corrected chi connectivity index (χ4v) is 2.31. The van der Waals surface area contributed by atoms with E-state index in [1.54, 1.807) is 16.8 Å². The van der Waals surface area contributed by atoms with Gasteiger partial charge >= 0.3 is 6.09 Å². The summed E-state index contributed by atoms with van der Waals surface area (Å²) >= 11 is 5.52. The van der Waals surface area contributed by atoms with Crippen molar-refractivity contribution in [2.24, 2.45) is 0 Å². The third-order valence-electron chi connectivity index (χ3n) is 3.03. The summed E-state index contributed by atoms with van der Waals surface area (Å²) in [6.45, 7) is 6.73. The molecule has 1 saturated heterocycles. The number of hydrogen-bond donors (Lipinski definition) is 0. The lowest BCUT2D eigenvalue weighted by molar-refractivity contribution is -0.127. The zero-order valence-corrected chi connectivity index (χ0v) is 12.9. The topological polar surface area (TPSA) is 49.9 Å². The molecule has 1 aliphatic rings. The van der Waals surface area contributed by atoms with Gasteiger partial charge < -0.3 is 14.5 Å². The first-order chi connectivity index (χ1) is 8.74. The van der Waals surface area contributed by atoms with Crippen LogP contribution >= 0.6 is 11.6 Å². The van der Waals surface area contributed by atoms with Crippen molar-refractivity contribution in [3.63, 3.8) is 0 Å². The lowest BCUT2D eigenvalue weighted by atomic mass is 10.2. The number of likely N-dealkylation sites (tertiary alicyclic amines) is 1. The molecule has 6 heteroatoms. The van der Waals surface area contributed by atoms with Crippen LogP contribution < -0.4 is 0 Å². The number of hydrogen-bond acceptors (Lipinski definition) is 3. The predicted octanol–water partition coefficient (Wildman–Crippen LogP) is 2.08. The fraction of sp³-hybridized carbons (Fsp3) is 0.846. The summed E-state index contributed by atoms with van der Waals surface area (Å²) in [5, 5.41) is 0. The van der Waals surface area contributed by atoms with E-state index in [4.69, 9.17) is 16.3 Å². The summed E-state index contributed by atoms with van der Waals surface area (Å²) in [7, 11) is 1.70. The van der Waals surface area contributed by atoms with E-state index in [0.29, 0.717) is 13.1 Å². The average Bonchev–Trinajstić information content (AvgIpc) is 2.73. The zero-order valence-electron chi connectivity index (χ0n) is 12.1. The van der Waals surface area contributed by atoms with Crippen LogP contribution in [0.2, 0.25) is 0 Å². The maximum atomic E-state index is 12.1. The molecule has 0 radical (unpaired) electrons. The first kappa shape index (κ1) is 16.1. The van der Waals surface area contributed by atoms with E-state index in [1.807, 2.05) is 20.8 Å². The van der Waals surface area contributed by atoms with E-state index in [1.165, 1.54) is 0 Å². The van der Waals surface area contributed by atoms with Crippen LogP contribution in [0.15, 0.2) is 0 Å². The maximum Gasteiger partial charge on any atom is 0.410 e. The van der Waals surface area contributed by atoms with Crippen LogP contribution in [0.4, 0.5) is 4.79 Å². The lowest BCUT2D eigenvalue weighted by Crippen LogP contribution is -2.45. The van der Waals surface area contributed by atoms with Gasteiger partial charge in [0.25, 0.3) is 0 Å². The molecule has 0 aromatic rings. The van der Waals surface area contributed by atoms with Gasteiger partial charge in [0.1, 0.15) is 11.5 Å². The van der Waals surface area contributed by atoms with Crippen LogP contribution in [-0.2, 0) is 9.53 Å². The number of nitrogens with zero attached hydrogens (tertiary/aromatic N) is 2. The molecule has 110 valence electrons. The molecule has 0 aromatic carbocycles. The summed E-state index contributed by atoms with van der Waals surface area (Å²) < 4.78 is 5.38. The van der Waals surface area contributed by atoms with Gasteiger partial charge in [-0.05, 0) is 33.6 Å². The summed E-state index contributed by atoms with van der Waals surface area (Å²) in [6, 6.07) is 0.0204. The molecule has 1 rings (SSSR count). The van der Waals surface area contributed by atoms with Gasteiger partial charge in [0.2, 0.25) is 5.91 Å². The molecule has 0 aromatic heterocycles. The Morgan fingerprint density at radius 1 is 1.42 bits per heavy atom. The van der Waals surface area contributed by atoms with Gasteiger partial charge in [-0.3, -0.25) is 4.79 Å². The quantitative estimate of drug-likeness (QED) is 0.748. The fourth-order valence-electron chi connectivity index (χ4n) is 2.11. The van der Waals surface area contributed by atoms with Gasteiger partial charge in [-0.25, -0.2) is 4.79 Å². The minimum Gasteiger partial charge on any atom is -0.444 e. The molecule has 0 unspecified atom stereocenters. The SMILES string of the molecule is CN(C[C@@H]1CCCN1C(=O)OC(C)(C)C)C(=O)CCl. The molecule has 0 N–H and O–H groups in total. The van der Waals surface area contributed by atoms with Crippen LogP contribution in [0.5, 0.6) is 0 Å². The summed E-state index contributed by atoms with van der Waals surface area (Å²) in [5.41, 5.74) is -0.498. The van der Waals surface area contributed by atoms with Crippen molar-refractivity contribution in [3.05, 3.63) is 0 Å². The van der Waals surface area contributed by atoms with Crippen molar-refractivity contribution in [1.29, 1.82) is 0 Å². The van der Waals surface area contributed by atoms with Crippen LogP contribution in [0.25, 0.3) is 0 Å². The van der Waals surface area contributed by atoms with Gasteiger partial charge in [-0.15, -0.1) is 11.6 Å². The number of carbonyl (C=O) groups is 2. The number of rotatable bonds is 3. The highest BCUT2D eigenvalue weighted by molar-refractivity contribution is 6.27. The van der Waals surface area contributed by atoms with Crippen molar-refractivity contribution in [1.82, 2.24) is 9.80 Å². The van der Waals surface area contributed by atoms with Crippen molar-refractivity contribution >= 4 is 23.6 Å².